The lowest BCUT2D eigenvalue weighted by Gasteiger charge is -2.11. The predicted octanol–water partition coefficient (Wildman–Crippen LogP) is 2.16. The molecule has 1 N–H and O–H groups in total. The first kappa shape index (κ1) is 15.9. The molecule has 1 heterocycles. The fourth-order valence-electron chi connectivity index (χ4n) is 2.52. The zero-order chi connectivity index (χ0) is 17.1. The molecule has 3 aromatic rings. The molecule has 0 saturated heterocycles. The number of fused-ring (bicyclic) bond motifs is 1. The van der Waals surface area contributed by atoms with Crippen LogP contribution in [0.3, 0.4) is 0 Å². The Kier molecular flexibility index (Phi) is 4.37. The van der Waals surface area contributed by atoms with Gasteiger partial charge in [-0.3, -0.25) is 14.2 Å². The molecule has 3 rings (SSSR count). The zero-order valence-electron chi connectivity index (χ0n) is 13.1. The number of rotatable bonds is 4. The van der Waals surface area contributed by atoms with Gasteiger partial charge in [0, 0.05) is 6.54 Å². The largest absolute Gasteiger partial charge is 0.350 e. The van der Waals surface area contributed by atoms with Gasteiger partial charge in [0.1, 0.15) is 18.1 Å². The van der Waals surface area contributed by atoms with E-state index in [9.17, 15) is 14.0 Å². The second kappa shape index (κ2) is 6.62. The molecule has 1 amide bonds. The summed E-state index contributed by atoms with van der Waals surface area (Å²) in [4.78, 5) is 28.7. The summed E-state index contributed by atoms with van der Waals surface area (Å²) in [5.74, 6) is -0.675. The quantitative estimate of drug-likeness (QED) is 0.799. The number of hydrogen-bond donors (Lipinski definition) is 1. The first-order valence-electron chi connectivity index (χ1n) is 7.52. The summed E-state index contributed by atoms with van der Waals surface area (Å²) in [6, 6.07) is 13.2. The summed E-state index contributed by atoms with van der Waals surface area (Å²) in [7, 11) is 0. The lowest BCUT2D eigenvalue weighted by atomic mass is 10.2. The van der Waals surface area contributed by atoms with Gasteiger partial charge in [-0.25, -0.2) is 9.37 Å². The molecule has 0 fully saturated rings. The van der Waals surface area contributed by atoms with E-state index in [4.69, 9.17) is 0 Å². The summed E-state index contributed by atoms with van der Waals surface area (Å²) >= 11 is 0. The Morgan fingerprint density at radius 3 is 2.79 bits per heavy atom. The average Bonchev–Trinajstić information content (AvgIpc) is 2.57. The summed E-state index contributed by atoms with van der Waals surface area (Å²) in [5.41, 5.74) is 1.97. The Hall–Kier alpha value is -3.02. The molecule has 0 atom stereocenters. The molecule has 0 bridgehead atoms. The Bertz CT molecular complexity index is 966. The zero-order valence-corrected chi connectivity index (χ0v) is 13.1. The maximum absolute atomic E-state index is 13.1. The van der Waals surface area contributed by atoms with E-state index in [-0.39, 0.29) is 30.4 Å². The van der Waals surface area contributed by atoms with Crippen molar-refractivity contribution in [3.8, 4) is 0 Å². The number of carbonyl (C=O) groups excluding carboxylic acids is 1. The Morgan fingerprint density at radius 1 is 1.21 bits per heavy atom. The van der Waals surface area contributed by atoms with Crippen LogP contribution in [0.5, 0.6) is 0 Å². The van der Waals surface area contributed by atoms with Crippen molar-refractivity contribution >= 4 is 16.9 Å². The van der Waals surface area contributed by atoms with Crippen LogP contribution in [0, 0.1) is 12.7 Å². The van der Waals surface area contributed by atoms with Gasteiger partial charge >= 0.3 is 0 Å². The minimum Gasteiger partial charge on any atom is -0.350 e. The van der Waals surface area contributed by atoms with Crippen molar-refractivity contribution in [2.75, 3.05) is 0 Å². The van der Waals surface area contributed by atoms with Crippen molar-refractivity contribution in [1.82, 2.24) is 14.9 Å². The third kappa shape index (κ3) is 3.32. The van der Waals surface area contributed by atoms with Gasteiger partial charge < -0.3 is 5.32 Å². The number of aromatic nitrogens is 2. The molecule has 24 heavy (non-hydrogen) atoms. The van der Waals surface area contributed by atoms with E-state index in [2.05, 4.69) is 10.3 Å². The van der Waals surface area contributed by atoms with Gasteiger partial charge in [0.05, 0.1) is 11.0 Å². The molecule has 0 radical (unpaired) electrons. The highest BCUT2D eigenvalue weighted by molar-refractivity contribution is 5.80. The maximum atomic E-state index is 13.1. The third-order valence-corrected chi connectivity index (χ3v) is 3.70. The summed E-state index contributed by atoms with van der Waals surface area (Å²) in [6.07, 6.45) is 0. The normalized spacial score (nSPS) is 10.8. The maximum Gasteiger partial charge on any atom is 0.272 e. The predicted molar refractivity (Wildman–Crippen MR) is 89.0 cm³/mol. The molecule has 0 unspecified atom stereocenters. The summed E-state index contributed by atoms with van der Waals surface area (Å²) < 4.78 is 14.5. The van der Waals surface area contributed by atoms with E-state index in [1.54, 1.807) is 37.3 Å². The van der Waals surface area contributed by atoms with Crippen LogP contribution in [0.2, 0.25) is 0 Å². The fourth-order valence-corrected chi connectivity index (χ4v) is 2.52. The van der Waals surface area contributed by atoms with E-state index in [0.29, 0.717) is 22.3 Å². The first-order chi connectivity index (χ1) is 11.5. The third-order valence-electron chi connectivity index (χ3n) is 3.70. The second-order valence-corrected chi connectivity index (χ2v) is 5.48. The van der Waals surface area contributed by atoms with Gasteiger partial charge in [0.25, 0.3) is 5.56 Å². The van der Waals surface area contributed by atoms with Gasteiger partial charge in [-0.1, -0.05) is 24.3 Å². The minimum absolute atomic E-state index is 0.113. The number of hydrogen-bond acceptors (Lipinski definition) is 3. The SMILES string of the molecule is Cc1nc2ccccc2n(CC(=O)NCc2cccc(F)c2)c1=O. The van der Waals surface area contributed by atoms with Gasteiger partial charge in [0.2, 0.25) is 5.91 Å². The highest BCUT2D eigenvalue weighted by Gasteiger charge is 2.11. The smallest absolute Gasteiger partial charge is 0.272 e. The van der Waals surface area contributed by atoms with Crippen LogP contribution >= 0.6 is 0 Å². The molecule has 6 heteroatoms. The highest BCUT2D eigenvalue weighted by atomic mass is 19.1. The molecule has 0 spiro atoms. The fraction of sp³-hybridized carbons (Fsp3) is 0.167. The van der Waals surface area contributed by atoms with Crippen LogP contribution in [0.1, 0.15) is 11.3 Å². The molecule has 0 saturated carbocycles. The van der Waals surface area contributed by atoms with Crippen molar-refractivity contribution in [2.45, 2.75) is 20.0 Å². The molecule has 0 aliphatic rings. The molecule has 5 nitrogen and oxygen atoms in total. The standard InChI is InChI=1S/C18H16FN3O2/c1-12-18(24)22(16-8-3-2-7-15(16)21-12)11-17(23)20-10-13-5-4-6-14(19)9-13/h2-9H,10-11H2,1H3,(H,20,23). The van der Waals surface area contributed by atoms with Crippen molar-refractivity contribution in [3.05, 3.63) is 76.0 Å². The topological polar surface area (TPSA) is 64.0 Å². The number of halogens is 1. The number of benzene rings is 2. The van der Waals surface area contributed by atoms with Gasteiger partial charge in [0.15, 0.2) is 0 Å². The average molecular weight is 325 g/mol. The number of amides is 1. The highest BCUT2D eigenvalue weighted by Crippen LogP contribution is 2.09. The van der Waals surface area contributed by atoms with E-state index in [0.717, 1.165) is 0 Å². The summed E-state index contributed by atoms with van der Waals surface area (Å²) in [6.45, 7) is 1.71. The van der Waals surface area contributed by atoms with Crippen molar-refractivity contribution in [2.24, 2.45) is 0 Å². The Balaban J connectivity index is 1.80. The van der Waals surface area contributed by atoms with Crippen LogP contribution < -0.4 is 10.9 Å². The van der Waals surface area contributed by atoms with Crippen LogP contribution in [0.15, 0.2) is 53.3 Å². The second-order valence-electron chi connectivity index (χ2n) is 5.48. The summed E-state index contributed by atoms with van der Waals surface area (Å²) in [5, 5.41) is 2.70. The molecular weight excluding hydrogens is 309 g/mol. The molecular formula is C18H16FN3O2. The van der Waals surface area contributed by atoms with E-state index >= 15 is 0 Å². The number of carbonyl (C=O) groups is 1. The molecule has 0 aliphatic carbocycles. The lowest BCUT2D eigenvalue weighted by molar-refractivity contribution is -0.121. The van der Waals surface area contributed by atoms with Gasteiger partial charge in [-0.2, -0.15) is 0 Å². The van der Waals surface area contributed by atoms with Crippen LogP contribution in [0.25, 0.3) is 11.0 Å². The number of aryl methyl sites for hydroxylation is 1. The van der Waals surface area contributed by atoms with E-state index in [1.807, 2.05) is 6.07 Å². The van der Waals surface area contributed by atoms with Crippen molar-refractivity contribution < 1.29 is 9.18 Å². The molecule has 2 aromatic carbocycles. The monoisotopic (exact) mass is 325 g/mol. The number of para-hydroxylation sites is 2. The number of nitrogens with zero attached hydrogens (tertiary/aromatic N) is 2. The molecule has 1 aromatic heterocycles. The van der Waals surface area contributed by atoms with E-state index in [1.165, 1.54) is 16.7 Å². The Labute approximate surface area is 137 Å². The first-order valence-corrected chi connectivity index (χ1v) is 7.52. The van der Waals surface area contributed by atoms with Gasteiger partial charge in [-0.05, 0) is 36.8 Å². The van der Waals surface area contributed by atoms with Crippen molar-refractivity contribution in [1.29, 1.82) is 0 Å². The van der Waals surface area contributed by atoms with Crippen LogP contribution in [0.4, 0.5) is 4.39 Å². The molecule has 122 valence electrons. The van der Waals surface area contributed by atoms with E-state index < -0.39 is 0 Å². The minimum atomic E-state index is -0.353. The Morgan fingerprint density at radius 2 is 2.00 bits per heavy atom. The van der Waals surface area contributed by atoms with Crippen LogP contribution in [-0.4, -0.2) is 15.5 Å². The lowest BCUT2D eigenvalue weighted by Crippen LogP contribution is -2.33. The van der Waals surface area contributed by atoms with Crippen LogP contribution in [-0.2, 0) is 17.9 Å². The number of nitrogens with one attached hydrogen (secondary N) is 1. The molecule has 0 aliphatic heterocycles. The van der Waals surface area contributed by atoms with Crippen molar-refractivity contribution in [3.63, 3.8) is 0 Å². The van der Waals surface area contributed by atoms with Gasteiger partial charge in [-0.15, -0.1) is 0 Å².